The van der Waals surface area contributed by atoms with Crippen LogP contribution in [0.25, 0.3) is 11.1 Å². The third-order valence-corrected chi connectivity index (χ3v) is 3.89. The summed E-state index contributed by atoms with van der Waals surface area (Å²) in [6.07, 6.45) is 1.46. The van der Waals surface area contributed by atoms with Crippen LogP contribution in [0.3, 0.4) is 0 Å². The number of rotatable bonds is 1. The highest BCUT2D eigenvalue weighted by molar-refractivity contribution is 5.86. The fourth-order valence-electron chi connectivity index (χ4n) is 2.72. The maximum atomic E-state index is 12.1. The molecule has 2 heterocycles. The Morgan fingerprint density at radius 3 is 2.81 bits per heavy atom. The van der Waals surface area contributed by atoms with Crippen LogP contribution in [-0.2, 0) is 10.2 Å². The number of piperidine rings is 1. The van der Waals surface area contributed by atoms with E-state index in [1.807, 2.05) is 12.1 Å². The molecule has 1 fully saturated rings. The maximum Gasteiger partial charge on any atom is 0.236 e. The number of carbonyl (C=O) groups is 1. The van der Waals surface area contributed by atoms with Gasteiger partial charge in [0.15, 0.2) is 5.58 Å². The van der Waals surface area contributed by atoms with E-state index in [9.17, 15) is 4.79 Å². The lowest BCUT2D eigenvalue weighted by atomic mass is 9.86. The molecule has 110 valence electrons. The fourth-order valence-corrected chi connectivity index (χ4v) is 2.72. The van der Waals surface area contributed by atoms with E-state index in [1.165, 1.54) is 0 Å². The maximum absolute atomic E-state index is 12.1. The van der Waals surface area contributed by atoms with Gasteiger partial charge >= 0.3 is 0 Å². The normalized spacial score (nSPS) is 19.9. The second-order valence-electron chi connectivity index (χ2n) is 6.64. The molecule has 1 unspecified atom stereocenters. The Hall–Kier alpha value is -2.10. The first-order chi connectivity index (χ1) is 9.86. The molecule has 1 aliphatic rings. The van der Waals surface area contributed by atoms with E-state index in [0.717, 1.165) is 28.8 Å². The van der Waals surface area contributed by atoms with E-state index < -0.39 is 0 Å². The Morgan fingerprint density at radius 2 is 2.14 bits per heavy atom. The summed E-state index contributed by atoms with van der Waals surface area (Å²) in [7, 11) is 0. The van der Waals surface area contributed by atoms with Gasteiger partial charge in [0.2, 0.25) is 11.8 Å². The number of benzene rings is 1. The van der Waals surface area contributed by atoms with Crippen LogP contribution in [0, 0.1) is 0 Å². The molecule has 1 saturated heterocycles. The van der Waals surface area contributed by atoms with Crippen LogP contribution in [-0.4, -0.2) is 10.9 Å². The van der Waals surface area contributed by atoms with Gasteiger partial charge in [-0.2, -0.15) is 0 Å². The number of fused-ring (bicyclic) bond motifs is 1. The lowest BCUT2D eigenvalue weighted by Crippen LogP contribution is -2.33. The van der Waals surface area contributed by atoms with E-state index in [-0.39, 0.29) is 17.2 Å². The summed E-state index contributed by atoms with van der Waals surface area (Å²) in [5.74, 6) is 0.109. The van der Waals surface area contributed by atoms with Gasteiger partial charge in [-0.1, -0.05) is 39.5 Å². The minimum atomic E-state index is -0.323. The van der Waals surface area contributed by atoms with Crippen molar-refractivity contribution in [2.45, 2.75) is 44.9 Å². The molecule has 1 aromatic carbocycles. The molecule has 2 aromatic rings. The molecule has 1 amide bonds. The summed E-state index contributed by atoms with van der Waals surface area (Å²) in [5.41, 5.74) is 3.45. The Morgan fingerprint density at radius 1 is 1.38 bits per heavy atom. The lowest BCUT2D eigenvalue weighted by Gasteiger charge is -2.21. The van der Waals surface area contributed by atoms with Crippen molar-refractivity contribution in [3.05, 3.63) is 41.9 Å². The van der Waals surface area contributed by atoms with E-state index in [1.54, 1.807) is 0 Å². The zero-order chi connectivity index (χ0) is 15.2. The first kappa shape index (κ1) is 13.9. The highest BCUT2D eigenvalue weighted by Gasteiger charge is 2.31. The Balaban J connectivity index is 2.06. The quantitative estimate of drug-likeness (QED) is 0.870. The SMILES string of the molecule is C=C1CCC(c2nc3cccc(C(C)(C)C)c3o2)C(=O)N1. The third-order valence-electron chi connectivity index (χ3n) is 3.89. The molecule has 1 N–H and O–H groups in total. The number of allylic oxidation sites excluding steroid dienone is 1. The van der Waals surface area contributed by atoms with Crippen molar-refractivity contribution in [3.63, 3.8) is 0 Å². The van der Waals surface area contributed by atoms with Crippen LogP contribution in [0.15, 0.2) is 34.9 Å². The average Bonchev–Trinajstić information content (AvgIpc) is 2.80. The molecule has 1 aromatic heterocycles. The number of carbonyl (C=O) groups excluding carboxylic acids is 1. The average molecular weight is 284 g/mol. The third kappa shape index (κ3) is 2.46. The molecule has 1 aliphatic heterocycles. The molecular weight excluding hydrogens is 264 g/mol. The van der Waals surface area contributed by atoms with E-state index >= 15 is 0 Å². The molecule has 3 rings (SSSR count). The molecular formula is C17H20N2O2. The number of nitrogens with zero attached hydrogens (tertiary/aromatic N) is 1. The molecule has 0 spiro atoms. The van der Waals surface area contributed by atoms with Gasteiger partial charge in [-0.3, -0.25) is 4.79 Å². The van der Waals surface area contributed by atoms with Crippen molar-refractivity contribution in [3.8, 4) is 0 Å². The summed E-state index contributed by atoms with van der Waals surface area (Å²) < 4.78 is 5.97. The van der Waals surface area contributed by atoms with Gasteiger partial charge in [0.25, 0.3) is 0 Å². The highest BCUT2D eigenvalue weighted by atomic mass is 16.3. The molecule has 21 heavy (non-hydrogen) atoms. The number of hydrogen-bond acceptors (Lipinski definition) is 3. The minimum Gasteiger partial charge on any atom is -0.440 e. The minimum absolute atomic E-state index is 0.0284. The standard InChI is InChI=1S/C17H20N2O2/c1-10-8-9-11(15(20)18-10)16-19-13-7-5-6-12(14(13)21-16)17(2,3)4/h5-7,11H,1,8-9H2,2-4H3,(H,18,20). The van der Waals surface area contributed by atoms with Gasteiger partial charge in [-0.15, -0.1) is 0 Å². The van der Waals surface area contributed by atoms with Gasteiger partial charge in [0.05, 0.1) is 0 Å². The van der Waals surface area contributed by atoms with Crippen molar-refractivity contribution in [1.82, 2.24) is 10.3 Å². The fraction of sp³-hybridized carbons (Fsp3) is 0.412. The van der Waals surface area contributed by atoms with Crippen molar-refractivity contribution in [1.29, 1.82) is 0 Å². The molecule has 0 bridgehead atoms. The topological polar surface area (TPSA) is 55.1 Å². The molecule has 4 heteroatoms. The number of para-hydroxylation sites is 1. The monoisotopic (exact) mass is 284 g/mol. The Bertz CT molecular complexity index is 722. The van der Waals surface area contributed by atoms with Crippen molar-refractivity contribution in [2.24, 2.45) is 0 Å². The van der Waals surface area contributed by atoms with Crippen molar-refractivity contribution < 1.29 is 9.21 Å². The van der Waals surface area contributed by atoms with E-state index in [0.29, 0.717) is 12.3 Å². The second-order valence-corrected chi connectivity index (χ2v) is 6.64. The first-order valence-electron chi connectivity index (χ1n) is 7.25. The predicted octanol–water partition coefficient (Wildman–Crippen LogP) is 3.63. The van der Waals surface area contributed by atoms with Gasteiger partial charge in [0, 0.05) is 11.3 Å². The van der Waals surface area contributed by atoms with Gasteiger partial charge in [-0.05, 0) is 24.3 Å². The zero-order valence-electron chi connectivity index (χ0n) is 12.7. The first-order valence-corrected chi connectivity index (χ1v) is 7.25. The molecule has 4 nitrogen and oxygen atoms in total. The summed E-state index contributed by atoms with van der Waals surface area (Å²) in [5, 5.41) is 2.78. The smallest absolute Gasteiger partial charge is 0.236 e. The predicted molar refractivity (Wildman–Crippen MR) is 82.0 cm³/mol. The highest BCUT2D eigenvalue weighted by Crippen LogP contribution is 2.34. The van der Waals surface area contributed by atoms with E-state index in [2.05, 4.69) is 43.7 Å². The zero-order valence-corrected chi connectivity index (χ0v) is 12.7. The number of hydrogen-bond donors (Lipinski definition) is 1. The second kappa shape index (κ2) is 4.72. The van der Waals surface area contributed by atoms with E-state index in [4.69, 9.17) is 4.42 Å². The lowest BCUT2D eigenvalue weighted by molar-refractivity contribution is -0.123. The largest absolute Gasteiger partial charge is 0.440 e. The van der Waals surface area contributed by atoms with Crippen LogP contribution < -0.4 is 5.32 Å². The Kier molecular flexibility index (Phi) is 3.12. The van der Waals surface area contributed by atoms with Gasteiger partial charge < -0.3 is 9.73 Å². The van der Waals surface area contributed by atoms with Crippen molar-refractivity contribution >= 4 is 17.0 Å². The molecule has 0 radical (unpaired) electrons. The summed E-state index contributed by atoms with van der Waals surface area (Å²) >= 11 is 0. The molecule has 0 saturated carbocycles. The molecule has 1 atom stereocenters. The number of aromatic nitrogens is 1. The summed E-state index contributed by atoms with van der Waals surface area (Å²) in [4.78, 5) is 16.6. The number of nitrogens with one attached hydrogen (secondary N) is 1. The Labute approximate surface area is 124 Å². The summed E-state index contributed by atoms with van der Waals surface area (Å²) in [6, 6.07) is 5.97. The molecule has 0 aliphatic carbocycles. The summed E-state index contributed by atoms with van der Waals surface area (Å²) in [6.45, 7) is 10.2. The van der Waals surface area contributed by atoms with Crippen LogP contribution in [0.1, 0.15) is 51.0 Å². The van der Waals surface area contributed by atoms with Crippen molar-refractivity contribution in [2.75, 3.05) is 0 Å². The number of oxazole rings is 1. The van der Waals surface area contributed by atoms with Crippen LogP contribution >= 0.6 is 0 Å². The van der Waals surface area contributed by atoms with Gasteiger partial charge in [0.1, 0.15) is 11.4 Å². The van der Waals surface area contributed by atoms with Crippen LogP contribution in [0.2, 0.25) is 0 Å². The number of amides is 1. The van der Waals surface area contributed by atoms with Crippen LogP contribution in [0.4, 0.5) is 0 Å². The van der Waals surface area contributed by atoms with Gasteiger partial charge in [-0.25, -0.2) is 4.98 Å². The van der Waals surface area contributed by atoms with Crippen LogP contribution in [0.5, 0.6) is 0 Å².